The van der Waals surface area contributed by atoms with Gasteiger partial charge in [-0.25, -0.2) is 4.98 Å². The molecule has 1 fully saturated rings. The second kappa shape index (κ2) is 4.60. The first-order valence-electron chi connectivity index (χ1n) is 5.53. The van der Waals surface area contributed by atoms with Gasteiger partial charge in [0.05, 0.1) is 6.33 Å². The summed E-state index contributed by atoms with van der Waals surface area (Å²) in [6.07, 6.45) is 9.91. The van der Waals surface area contributed by atoms with Crippen LogP contribution in [0.15, 0.2) is 18.7 Å². The maximum Gasteiger partial charge on any atom is 0.0946 e. The van der Waals surface area contributed by atoms with Crippen molar-refractivity contribution >= 4 is 0 Å². The number of aromatic nitrogens is 2. The van der Waals surface area contributed by atoms with Crippen molar-refractivity contribution in [1.82, 2.24) is 14.9 Å². The Morgan fingerprint density at radius 1 is 1.57 bits per heavy atom. The quantitative estimate of drug-likeness (QED) is 0.770. The van der Waals surface area contributed by atoms with Crippen LogP contribution in [0.25, 0.3) is 0 Å². The minimum Gasteiger partial charge on any atom is -0.337 e. The maximum atomic E-state index is 4.04. The largest absolute Gasteiger partial charge is 0.337 e. The maximum absolute atomic E-state index is 4.04. The molecule has 1 aliphatic rings. The first-order valence-corrected chi connectivity index (χ1v) is 5.53. The number of hydrogen-bond donors (Lipinski definition) is 1. The van der Waals surface area contributed by atoms with E-state index in [0.29, 0.717) is 5.92 Å². The fourth-order valence-electron chi connectivity index (χ4n) is 1.80. The van der Waals surface area contributed by atoms with Crippen molar-refractivity contribution < 1.29 is 0 Å². The number of nitrogens with one attached hydrogen (secondary N) is 1. The highest BCUT2D eigenvalue weighted by Gasteiger charge is 2.16. The van der Waals surface area contributed by atoms with Crippen LogP contribution >= 0.6 is 0 Å². The number of imidazole rings is 1. The van der Waals surface area contributed by atoms with Gasteiger partial charge < -0.3 is 9.88 Å². The molecule has 0 bridgehead atoms. The molecule has 1 atom stereocenters. The van der Waals surface area contributed by atoms with E-state index in [2.05, 4.69) is 21.8 Å². The highest BCUT2D eigenvalue weighted by atomic mass is 15.0. The average molecular weight is 193 g/mol. The molecule has 0 radical (unpaired) electrons. The van der Waals surface area contributed by atoms with E-state index in [0.717, 1.165) is 19.1 Å². The monoisotopic (exact) mass is 193 g/mol. The highest BCUT2D eigenvalue weighted by Crippen LogP contribution is 2.18. The molecular formula is C11H19N3. The molecule has 2 rings (SSSR count). The molecule has 1 N–H and O–H groups in total. The molecule has 0 amide bonds. The Balaban J connectivity index is 1.65. The summed E-state index contributed by atoms with van der Waals surface area (Å²) in [6.45, 7) is 4.48. The van der Waals surface area contributed by atoms with Crippen molar-refractivity contribution in [3.8, 4) is 0 Å². The van der Waals surface area contributed by atoms with Crippen molar-refractivity contribution in [3.63, 3.8) is 0 Å². The van der Waals surface area contributed by atoms with Crippen LogP contribution in [-0.4, -0.2) is 22.1 Å². The summed E-state index contributed by atoms with van der Waals surface area (Å²) in [4.78, 5) is 4.04. The van der Waals surface area contributed by atoms with Gasteiger partial charge in [-0.2, -0.15) is 0 Å². The van der Waals surface area contributed by atoms with Gasteiger partial charge in [0, 0.05) is 25.0 Å². The predicted octanol–water partition coefficient (Wildman–Crippen LogP) is 1.66. The van der Waals surface area contributed by atoms with Crippen molar-refractivity contribution in [2.45, 2.75) is 38.8 Å². The van der Waals surface area contributed by atoms with E-state index in [1.54, 1.807) is 0 Å². The zero-order chi connectivity index (χ0) is 9.80. The van der Waals surface area contributed by atoms with Crippen molar-refractivity contribution in [2.75, 3.05) is 6.54 Å². The lowest BCUT2D eigenvalue weighted by Gasteiger charge is -2.28. The van der Waals surface area contributed by atoms with Crippen molar-refractivity contribution in [2.24, 2.45) is 5.92 Å². The predicted molar refractivity (Wildman–Crippen MR) is 57.0 cm³/mol. The van der Waals surface area contributed by atoms with E-state index in [1.807, 2.05) is 18.7 Å². The Labute approximate surface area is 85.5 Å². The molecule has 1 aromatic rings. The molecule has 0 aromatic carbocycles. The molecule has 14 heavy (non-hydrogen) atoms. The number of rotatable bonds is 5. The van der Waals surface area contributed by atoms with Gasteiger partial charge >= 0.3 is 0 Å². The second-order valence-corrected chi connectivity index (χ2v) is 4.40. The number of hydrogen-bond acceptors (Lipinski definition) is 2. The Morgan fingerprint density at radius 2 is 2.43 bits per heavy atom. The molecular weight excluding hydrogens is 174 g/mol. The summed E-state index contributed by atoms with van der Waals surface area (Å²) in [7, 11) is 0. The molecule has 1 saturated carbocycles. The zero-order valence-corrected chi connectivity index (χ0v) is 8.82. The summed E-state index contributed by atoms with van der Waals surface area (Å²) >= 11 is 0. The summed E-state index contributed by atoms with van der Waals surface area (Å²) in [5.74, 6) is 0.685. The summed E-state index contributed by atoms with van der Waals surface area (Å²) in [5.41, 5.74) is 0. The van der Waals surface area contributed by atoms with E-state index < -0.39 is 0 Å². The molecule has 1 aliphatic carbocycles. The second-order valence-electron chi connectivity index (χ2n) is 4.40. The van der Waals surface area contributed by atoms with Crippen LogP contribution in [0.1, 0.15) is 26.2 Å². The van der Waals surface area contributed by atoms with Crippen LogP contribution in [0.2, 0.25) is 0 Å². The first kappa shape index (κ1) is 9.71. The molecule has 1 unspecified atom stereocenters. The van der Waals surface area contributed by atoms with E-state index in [1.165, 1.54) is 19.3 Å². The first-order chi connectivity index (χ1) is 6.84. The molecule has 0 aliphatic heterocycles. The Morgan fingerprint density at radius 3 is 3.00 bits per heavy atom. The fraction of sp³-hybridized carbons (Fsp3) is 0.727. The SMILES string of the molecule is CC(CNC1CCC1)Cn1ccnc1. The Bertz CT molecular complexity index is 252. The van der Waals surface area contributed by atoms with Crippen LogP contribution in [0.3, 0.4) is 0 Å². The van der Waals surface area contributed by atoms with E-state index in [-0.39, 0.29) is 0 Å². The van der Waals surface area contributed by atoms with Gasteiger partial charge in [-0.15, -0.1) is 0 Å². The Kier molecular flexibility index (Phi) is 3.19. The number of nitrogens with zero attached hydrogens (tertiary/aromatic N) is 2. The molecule has 3 heteroatoms. The minimum absolute atomic E-state index is 0.685. The molecule has 0 saturated heterocycles. The van der Waals surface area contributed by atoms with Crippen LogP contribution in [0.5, 0.6) is 0 Å². The van der Waals surface area contributed by atoms with Crippen LogP contribution in [0.4, 0.5) is 0 Å². The van der Waals surface area contributed by atoms with Gasteiger partial charge in [-0.05, 0) is 25.3 Å². The normalized spacial score (nSPS) is 19.2. The average Bonchev–Trinajstić information content (AvgIpc) is 2.54. The third kappa shape index (κ3) is 2.58. The highest BCUT2D eigenvalue weighted by molar-refractivity contribution is 4.78. The lowest BCUT2D eigenvalue weighted by Crippen LogP contribution is -2.38. The zero-order valence-electron chi connectivity index (χ0n) is 8.82. The van der Waals surface area contributed by atoms with Gasteiger partial charge in [0.15, 0.2) is 0 Å². The van der Waals surface area contributed by atoms with Gasteiger partial charge in [0.25, 0.3) is 0 Å². The van der Waals surface area contributed by atoms with Crippen LogP contribution in [-0.2, 0) is 6.54 Å². The third-order valence-electron chi connectivity index (χ3n) is 2.94. The summed E-state index contributed by atoms with van der Waals surface area (Å²) in [5, 5.41) is 3.60. The molecule has 3 nitrogen and oxygen atoms in total. The standard InChI is InChI=1S/C11H19N3/c1-10(7-13-11-3-2-4-11)8-14-6-5-12-9-14/h5-6,9-11,13H,2-4,7-8H2,1H3. The summed E-state index contributed by atoms with van der Waals surface area (Å²) < 4.78 is 2.15. The van der Waals surface area contributed by atoms with Gasteiger partial charge in [-0.1, -0.05) is 13.3 Å². The smallest absolute Gasteiger partial charge is 0.0946 e. The third-order valence-corrected chi connectivity index (χ3v) is 2.94. The lowest BCUT2D eigenvalue weighted by atomic mass is 9.93. The van der Waals surface area contributed by atoms with Gasteiger partial charge in [0.2, 0.25) is 0 Å². The summed E-state index contributed by atoms with van der Waals surface area (Å²) in [6, 6.07) is 0.806. The van der Waals surface area contributed by atoms with E-state index in [9.17, 15) is 0 Å². The van der Waals surface area contributed by atoms with Crippen molar-refractivity contribution in [1.29, 1.82) is 0 Å². The molecule has 1 heterocycles. The fourth-order valence-corrected chi connectivity index (χ4v) is 1.80. The topological polar surface area (TPSA) is 29.9 Å². The van der Waals surface area contributed by atoms with Crippen molar-refractivity contribution in [3.05, 3.63) is 18.7 Å². The van der Waals surface area contributed by atoms with Crippen LogP contribution in [0, 0.1) is 5.92 Å². The minimum atomic E-state index is 0.685. The van der Waals surface area contributed by atoms with Gasteiger partial charge in [-0.3, -0.25) is 0 Å². The lowest BCUT2D eigenvalue weighted by molar-refractivity contribution is 0.311. The van der Waals surface area contributed by atoms with E-state index in [4.69, 9.17) is 0 Å². The Hall–Kier alpha value is -0.830. The molecule has 78 valence electrons. The van der Waals surface area contributed by atoms with Crippen LogP contribution < -0.4 is 5.32 Å². The van der Waals surface area contributed by atoms with E-state index >= 15 is 0 Å². The van der Waals surface area contributed by atoms with Gasteiger partial charge in [0.1, 0.15) is 0 Å². The molecule has 1 aromatic heterocycles. The molecule has 0 spiro atoms.